The Kier molecular flexibility index (Phi) is 4.85. The summed E-state index contributed by atoms with van der Waals surface area (Å²) in [5.74, 6) is 0. The number of nitrogens with two attached hydrogens (primary N) is 1. The van der Waals surface area contributed by atoms with Gasteiger partial charge in [-0.2, -0.15) is 0 Å². The summed E-state index contributed by atoms with van der Waals surface area (Å²) in [4.78, 5) is 2.45. The average molecular weight is 200 g/mol. The lowest BCUT2D eigenvalue weighted by Crippen LogP contribution is -2.49. The average Bonchev–Trinajstić information content (AvgIpc) is 2.15. The molecule has 1 aliphatic rings. The van der Waals surface area contributed by atoms with E-state index in [9.17, 15) is 5.11 Å². The van der Waals surface area contributed by atoms with Crippen LogP contribution >= 0.6 is 0 Å². The van der Waals surface area contributed by atoms with Crippen LogP contribution < -0.4 is 5.73 Å². The van der Waals surface area contributed by atoms with Crippen LogP contribution in [0.4, 0.5) is 0 Å². The molecule has 0 spiro atoms. The molecule has 1 fully saturated rings. The van der Waals surface area contributed by atoms with Gasteiger partial charge in [0.15, 0.2) is 0 Å². The lowest BCUT2D eigenvalue weighted by atomic mass is 9.96. The van der Waals surface area contributed by atoms with Crippen LogP contribution in [0.25, 0.3) is 0 Å². The monoisotopic (exact) mass is 200 g/mol. The Labute approximate surface area is 87.3 Å². The molecule has 0 amide bonds. The van der Waals surface area contributed by atoms with Gasteiger partial charge in [-0.05, 0) is 39.7 Å². The summed E-state index contributed by atoms with van der Waals surface area (Å²) in [6.45, 7) is 6.08. The highest BCUT2D eigenvalue weighted by Crippen LogP contribution is 2.19. The van der Waals surface area contributed by atoms with E-state index in [1.165, 1.54) is 19.3 Å². The molecule has 1 rings (SSSR count). The fourth-order valence-electron chi connectivity index (χ4n) is 2.24. The predicted octanol–water partition coefficient (Wildman–Crippen LogP) is 0.959. The Morgan fingerprint density at radius 1 is 1.43 bits per heavy atom. The van der Waals surface area contributed by atoms with E-state index in [-0.39, 0.29) is 12.1 Å². The number of aliphatic hydroxyl groups excluding tert-OH is 1. The highest BCUT2D eigenvalue weighted by molar-refractivity contribution is 4.83. The zero-order chi connectivity index (χ0) is 10.6. The Bertz CT molecular complexity index is 159. The molecule has 3 N–H and O–H groups in total. The molecule has 1 aliphatic heterocycles. The summed E-state index contributed by atoms with van der Waals surface area (Å²) in [6.07, 6.45) is 4.48. The molecule has 0 aromatic carbocycles. The van der Waals surface area contributed by atoms with Gasteiger partial charge in [0.1, 0.15) is 0 Å². The molecule has 1 heterocycles. The smallest absolute Gasteiger partial charge is 0.0524 e. The van der Waals surface area contributed by atoms with E-state index in [0.29, 0.717) is 6.04 Å². The number of aliphatic hydroxyl groups is 1. The summed E-state index contributed by atoms with van der Waals surface area (Å²) in [7, 11) is 0. The third-order valence-corrected chi connectivity index (χ3v) is 3.11. The van der Waals surface area contributed by atoms with Crippen molar-refractivity contribution in [3.8, 4) is 0 Å². The van der Waals surface area contributed by atoms with E-state index in [1.807, 2.05) is 6.92 Å². The van der Waals surface area contributed by atoms with Gasteiger partial charge in [0.05, 0.1) is 6.10 Å². The third-order valence-electron chi connectivity index (χ3n) is 3.11. The molecule has 0 bridgehead atoms. The van der Waals surface area contributed by atoms with Gasteiger partial charge in [0.2, 0.25) is 0 Å². The van der Waals surface area contributed by atoms with Crippen molar-refractivity contribution in [1.29, 1.82) is 0 Å². The Balaban J connectivity index is 2.38. The maximum absolute atomic E-state index is 9.25. The minimum absolute atomic E-state index is 0.189. The van der Waals surface area contributed by atoms with Crippen molar-refractivity contribution in [2.45, 2.75) is 57.7 Å². The molecule has 0 aromatic heterocycles. The summed E-state index contributed by atoms with van der Waals surface area (Å²) >= 11 is 0. The second kappa shape index (κ2) is 5.69. The number of likely N-dealkylation sites (tertiary alicyclic amines) is 1. The van der Waals surface area contributed by atoms with Gasteiger partial charge in [-0.15, -0.1) is 0 Å². The van der Waals surface area contributed by atoms with Gasteiger partial charge in [0.25, 0.3) is 0 Å². The van der Waals surface area contributed by atoms with Gasteiger partial charge < -0.3 is 10.8 Å². The molecule has 0 aliphatic carbocycles. The Morgan fingerprint density at radius 2 is 2.14 bits per heavy atom. The summed E-state index contributed by atoms with van der Waals surface area (Å²) in [6, 6.07) is 0.784. The lowest BCUT2D eigenvalue weighted by Gasteiger charge is -2.38. The van der Waals surface area contributed by atoms with E-state index in [2.05, 4.69) is 11.8 Å². The molecule has 3 nitrogen and oxygen atoms in total. The summed E-state index contributed by atoms with van der Waals surface area (Å²) in [5, 5.41) is 9.25. The highest BCUT2D eigenvalue weighted by Gasteiger charge is 2.24. The van der Waals surface area contributed by atoms with Crippen molar-refractivity contribution < 1.29 is 5.11 Å². The minimum Gasteiger partial charge on any atom is -0.393 e. The topological polar surface area (TPSA) is 49.5 Å². The molecule has 0 radical (unpaired) electrons. The molecule has 0 saturated carbocycles. The highest BCUT2D eigenvalue weighted by atomic mass is 16.3. The van der Waals surface area contributed by atoms with Crippen molar-refractivity contribution in [2.75, 3.05) is 13.1 Å². The van der Waals surface area contributed by atoms with Crippen LogP contribution in [-0.4, -0.2) is 41.3 Å². The fraction of sp³-hybridized carbons (Fsp3) is 1.00. The lowest BCUT2D eigenvalue weighted by molar-refractivity contribution is 0.100. The molecule has 3 unspecified atom stereocenters. The Hall–Kier alpha value is -0.120. The van der Waals surface area contributed by atoms with Crippen molar-refractivity contribution in [2.24, 2.45) is 5.73 Å². The first-order chi connectivity index (χ1) is 6.61. The van der Waals surface area contributed by atoms with Crippen LogP contribution in [0.1, 0.15) is 39.5 Å². The first-order valence-corrected chi connectivity index (χ1v) is 5.79. The molecule has 14 heavy (non-hydrogen) atoms. The van der Waals surface area contributed by atoms with Crippen LogP contribution in [0.3, 0.4) is 0 Å². The molecular formula is C11H24N2O. The number of piperidine rings is 1. The van der Waals surface area contributed by atoms with Crippen LogP contribution in [0.2, 0.25) is 0 Å². The van der Waals surface area contributed by atoms with Crippen molar-refractivity contribution in [1.82, 2.24) is 4.90 Å². The largest absolute Gasteiger partial charge is 0.393 e. The molecule has 0 aromatic rings. The third kappa shape index (κ3) is 3.56. The second-order valence-electron chi connectivity index (χ2n) is 4.60. The summed E-state index contributed by atoms with van der Waals surface area (Å²) < 4.78 is 0. The van der Waals surface area contributed by atoms with Crippen LogP contribution in [-0.2, 0) is 0 Å². The van der Waals surface area contributed by atoms with Crippen molar-refractivity contribution in [3.63, 3.8) is 0 Å². The zero-order valence-electron chi connectivity index (χ0n) is 9.45. The SMILES string of the molecule is CC(O)CCN1CCCCC1C(C)N. The molecule has 84 valence electrons. The fourth-order valence-corrected chi connectivity index (χ4v) is 2.24. The zero-order valence-corrected chi connectivity index (χ0v) is 9.45. The molecular weight excluding hydrogens is 176 g/mol. The van der Waals surface area contributed by atoms with E-state index in [1.54, 1.807) is 0 Å². The number of hydrogen-bond donors (Lipinski definition) is 2. The number of rotatable bonds is 4. The first-order valence-electron chi connectivity index (χ1n) is 5.79. The molecule has 3 atom stereocenters. The van der Waals surface area contributed by atoms with Gasteiger partial charge in [0, 0.05) is 18.6 Å². The Morgan fingerprint density at radius 3 is 2.71 bits per heavy atom. The molecule has 3 heteroatoms. The van der Waals surface area contributed by atoms with E-state index < -0.39 is 0 Å². The van der Waals surface area contributed by atoms with E-state index in [4.69, 9.17) is 5.73 Å². The second-order valence-corrected chi connectivity index (χ2v) is 4.60. The maximum atomic E-state index is 9.25. The quantitative estimate of drug-likeness (QED) is 0.710. The van der Waals surface area contributed by atoms with Crippen LogP contribution in [0.15, 0.2) is 0 Å². The van der Waals surface area contributed by atoms with Crippen molar-refractivity contribution >= 4 is 0 Å². The van der Waals surface area contributed by atoms with Gasteiger partial charge in [-0.1, -0.05) is 6.42 Å². The maximum Gasteiger partial charge on any atom is 0.0524 e. The standard InChI is InChI=1S/C11H24N2O/c1-9(14)6-8-13-7-4-3-5-11(13)10(2)12/h9-11,14H,3-8,12H2,1-2H3. The van der Waals surface area contributed by atoms with Crippen molar-refractivity contribution in [3.05, 3.63) is 0 Å². The van der Waals surface area contributed by atoms with Gasteiger partial charge >= 0.3 is 0 Å². The van der Waals surface area contributed by atoms with E-state index >= 15 is 0 Å². The number of hydrogen-bond acceptors (Lipinski definition) is 3. The summed E-state index contributed by atoms with van der Waals surface area (Å²) in [5.41, 5.74) is 5.96. The van der Waals surface area contributed by atoms with Gasteiger partial charge in [-0.25, -0.2) is 0 Å². The molecule has 1 saturated heterocycles. The first kappa shape index (κ1) is 12.0. The van der Waals surface area contributed by atoms with Crippen LogP contribution in [0, 0.1) is 0 Å². The van der Waals surface area contributed by atoms with Gasteiger partial charge in [-0.3, -0.25) is 4.90 Å². The number of nitrogens with zero attached hydrogens (tertiary/aromatic N) is 1. The minimum atomic E-state index is -0.189. The normalized spacial score (nSPS) is 28.7. The van der Waals surface area contributed by atoms with Crippen LogP contribution in [0.5, 0.6) is 0 Å². The van der Waals surface area contributed by atoms with E-state index in [0.717, 1.165) is 19.5 Å². The predicted molar refractivity (Wildman–Crippen MR) is 59.2 cm³/mol.